The molecule has 5 rings (SSSR count). The third-order valence-electron chi connectivity index (χ3n) is 5.35. The molecule has 4 heteroatoms. The van der Waals surface area contributed by atoms with E-state index < -0.39 is 0 Å². The lowest BCUT2D eigenvalue weighted by molar-refractivity contribution is 0.0993. The van der Waals surface area contributed by atoms with Crippen LogP contribution in [0.25, 0.3) is 21.8 Å². The summed E-state index contributed by atoms with van der Waals surface area (Å²) in [5.41, 5.74) is 3.58. The molecule has 2 aromatic heterocycles. The molecule has 3 aromatic carbocycles. The van der Waals surface area contributed by atoms with Crippen LogP contribution in [0.1, 0.15) is 27.0 Å². The number of carbonyl (C=O) groups is 1. The highest BCUT2D eigenvalue weighted by Gasteiger charge is 2.09. The molecule has 0 fully saturated rings. The molecule has 0 bridgehead atoms. The smallest absolute Gasteiger partial charge is 0.257 e. The fourth-order valence-electron chi connectivity index (χ4n) is 3.82. The normalized spacial score (nSPS) is 10.6. The van der Waals surface area contributed by atoms with Gasteiger partial charge in [0, 0.05) is 40.1 Å². The predicted molar refractivity (Wildman–Crippen MR) is 127 cm³/mol. The van der Waals surface area contributed by atoms with Gasteiger partial charge >= 0.3 is 0 Å². The van der Waals surface area contributed by atoms with Crippen LogP contribution in [0.2, 0.25) is 0 Å². The zero-order valence-electron chi connectivity index (χ0n) is 17.1. The lowest BCUT2D eigenvalue weighted by Gasteiger charge is -2.05. The predicted octanol–water partition coefficient (Wildman–Crippen LogP) is 4.90. The molecule has 0 amide bonds. The minimum Gasteiger partial charge on any atom is -0.306 e. The Hall–Kier alpha value is -4.49. The van der Waals surface area contributed by atoms with Crippen molar-refractivity contribution in [2.24, 2.45) is 0 Å². The molecular formula is C28H18N2O2. The Morgan fingerprint density at radius 2 is 1.62 bits per heavy atom. The highest BCUT2D eigenvalue weighted by Crippen LogP contribution is 2.23. The highest BCUT2D eigenvalue weighted by molar-refractivity contribution is 6.06. The molecule has 0 saturated heterocycles. The maximum Gasteiger partial charge on any atom is 0.257 e. The number of carbonyl (C=O) groups excluding carboxylic acids is 1. The van der Waals surface area contributed by atoms with Gasteiger partial charge in [0.05, 0.1) is 0 Å². The number of hydrogen-bond donors (Lipinski definition) is 1. The summed E-state index contributed by atoms with van der Waals surface area (Å²) in [7, 11) is 0. The molecule has 0 radical (unpaired) electrons. The highest BCUT2D eigenvalue weighted by atomic mass is 16.1. The Balaban J connectivity index is 1.52. The third kappa shape index (κ3) is 3.80. The Morgan fingerprint density at radius 3 is 2.47 bits per heavy atom. The molecule has 0 spiro atoms. The number of fused-ring (bicyclic) bond motifs is 3. The van der Waals surface area contributed by atoms with Gasteiger partial charge in [0.15, 0.2) is 5.78 Å². The van der Waals surface area contributed by atoms with E-state index >= 15 is 0 Å². The summed E-state index contributed by atoms with van der Waals surface area (Å²) in [4.78, 5) is 32.1. The van der Waals surface area contributed by atoms with Gasteiger partial charge in [-0.2, -0.15) is 0 Å². The zero-order chi connectivity index (χ0) is 21.9. The van der Waals surface area contributed by atoms with Gasteiger partial charge in [-0.3, -0.25) is 9.59 Å². The molecule has 32 heavy (non-hydrogen) atoms. The number of Topliss-reactive ketones (excluding diaryl/α,β-unsaturated/α-hetero) is 1. The second-order valence-corrected chi connectivity index (χ2v) is 7.50. The van der Waals surface area contributed by atoms with Crippen molar-refractivity contribution in [3.8, 4) is 11.8 Å². The van der Waals surface area contributed by atoms with E-state index in [1.165, 1.54) is 0 Å². The molecule has 0 saturated carbocycles. The van der Waals surface area contributed by atoms with E-state index in [0.717, 1.165) is 27.5 Å². The molecule has 0 aliphatic carbocycles. The molecular weight excluding hydrogens is 396 g/mol. The Kier molecular flexibility index (Phi) is 5.07. The summed E-state index contributed by atoms with van der Waals surface area (Å²) in [6.07, 6.45) is 1.97. The number of nitrogens with zero attached hydrogens (tertiary/aromatic N) is 1. The van der Waals surface area contributed by atoms with Crippen LogP contribution in [0.15, 0.2) is 95.9 Å². The molecule has 0 unspecified atom stereocenters. The van der Waals surface area contributed by atoms with E-state index in [4.69, 9.17) is 0 Å². The minimum absolute atomic E-state index is 0.0752. The SMILES string of the molecule is O=C(Cc1cccc(C#Cc2ccnc3[nH]c(=O)c4ccccc4c23)c1)c1ccccc1. The van der Waals surface area contributed by atoms with Crippen molar-refractivity contribution < 1.29 is 4.79 Å². The first-order chi connectivity index (χ1) is 15.7. The lowest BCUT2D eigenvalue weighted by Crippen LogP contribution is -2.07. The van der Waals surface area contributed by atoms with Crippen LogP contribution < -0.4 is 5.56 Å². The largest absolute Gasteiger partial charge is 0.306 e. The van der Waals surface area contributed by atoms with Crippen LogP contribution in [0.5, 0.6) is 0 Å². The first-order valence-electron chi connectivity index (χ1n) is 10.3. The summed E-state index contributed by atoms with van der Waals surface area (Å²) >= 11 is 0. The van der Waals surface area contributed by atoms with Gasteiger partial charge < -0.3 is 4.98 Å². The lowest BCUT2D eigenvalue weighted by atomic mass is 10.0. The Bertz CT molecular complexity index is 1590. The number of pyridine rings is 2. The van der Waals surface area contributed by atoms with Crippen LogP contribution in [-0.2, 0) is 6.42 Å². The number of nitrogens with one attached hydrogen (secondary N) is 1. The van der Waals surface area contributed by atoms with E-state index in [-0.39, 0.29) is 11.3 Å². The van der Waals surface area contributed by atoms with Crippen molar-refractivity contribution in [1.29, 1.82) is 0 Å². The number of benzene rings is 3. The van der Waals surface area contributed by atoms with Gasteiger partial charge in [-0.05, 0) is 35.2 Å². The van der Waals surface area contributed by atoms with Crippen LogP contribution in [0.4, 0.5) is 0 Å². The average Bonchev–Trinajstić information content (AvgIpc) is 2.83. The van der Waals surface area contributed by atoms with Crippen molar-refractivity contribution in [2.75, 3.05) is 0 Å². The molecule has 0 atom stereocenters. The monoisotopic (exact) mass is 414 g/mol. The minimum atomic E-state index is -0.165. The second kappa shape index (κ2) is 8.33. The van der Waals surface area contributed by atoms with Gasteiger partial charge in [0.25, 0.3) is 5.56 Å². The first kappa shape index (κ1) is 19.5. The molecule has 4 nitrogen and oxygen atoms in total. The summed E-state index contributed by atoms with van der Waals surface area (Å²) in [6.45, 7) is 0. The summed E-state index contributed by atoms with van der Waals surface area (Å²) < 4.78 is 0. The molecule has 0 aliphatic heterocycles. The Labute approximate surface area is 184 Å². The van der Waals surface area contributed by atoms with E-state index in [1.807, 2.05) is 78.9 Å². The number of rotatable bonds is 3. The van der Waals surface area contributed by atoms with E-state index in [2.05, 4.69) is 21.8 Å². The van der Waals surface area contributed by atoms with Crippen LogP contribution in [-0.4, -0.2) is 15.8 Å². The molecule has 5 aromatic rings. The van der Waals surface area contributed by atoms with Gasteiger partial charge in [-0.15, -0.1) is 0 Å². The average molecular weight is 414 g/mol. The number of aromatic amines is 1. The maximum absolute atomic E-state index is 12.5. The molecule has 1 N–H and O–H groups in total. The molecule has 2 heterocycles. The molecule has 152 valence electrons. The van der Waals surface area contributed by atoms with E-state index in [0.29, 0.717) is 23.0 Å². The fraction of sp³-hybridized carbons (Fsp3) is 0.0357. The van der Waals surface area contributed by atoms with E-state index in [1.54, 1.807) is 12.3 Å². The molecule has 0 aliphatic rings. The second-order valence-electron chi connectivity index (χ2n) is 7.50. The van der Waals surface area contributed by atoms with Crippen molar-refractivity contribution in [3.63, 3.8) is 0 Å². The summed E-state index contributed by atoms with van der Waals surface area (Å²) in [5.74, 6) is 6.51. The number of aromatic nitrogens is 2. The topological polar surface area (TPSA) is 62.8 Å². The van der Waals surface area contributed by atoms with Crippen LogP contribution in [0, 0.1) is 11.8 Å². The Morgan fingerprint density at radius 1 is 0.844 bits per heavy atom. The number of ketones is 1. The summed E-state index contributed by atoms with van der Waals surface area (Å²) in [5, 5.41) is 2.26. The van der Waals surface area contributed by atoms with Gasteiger partial charge in [0.1, 0.15) is 5.65 Å². The number of H-pyrrole nitrogens is 1. The zero-order valence-corrected chi connectivity index (χ0v) is 17.1. The van der Waals surface area contributed by atoms with Crippen molar-refractivity contribution in [1.82, 2.24) is 9.97 Å². The van der Waals surface area contributed by atoms with Crippen molar-refractivity contribution in [3.05, 3.63) is 124 Å². The summed E-state index contributed by atoms with van der Waals surface area (Å²) in [6, 6.07) is 26.3. The quantitative estimate of drug-likeness (QED) is 0.259. The third-order valence-corrected chi connectivity index (χ3v) is 5.35. The van der Waals surface area contributed by atoms with Crippen molar-refractivity contribution in [2.45, 2.75) is 6.42 Å². The fourth-order valence-corrected chi connectivity index (χ4v) is 3.82. The standard InChI is InChI=1S/C28H18N2O2/c31-25(21-9-2-1-3-10-21)18-20-8-6-7-19(17-20)13-14-22-15-16-29-27-26(22)23-11-4-5-12-24(23)28(32)30-27/h1-12,15-17H,18H2,(H,29,30,32). The van der Waals surface area contributed by atoms with Gasteiger partial charge in [0.2, 0.25) is 0 Å². The van der Waals surface area contributed by atoms with Gasteiger partial charge in [-0.25, -0.2) is 4.98 Å². The van der Waals surface area contributed by atoms with E-state index in [9.17, 15) is 9.59 Å². The number of hydrogen-bond acceptors (Lipinski definition) is 3. The van der Waals surface area contributed by atoms with Crippen LogP contribution >= 0.6 is 0 Å². The van der Waals surface area contributed by atoms with Crippen molar-refractivity contribution >= 4 is 27.6 Å². The van der Waals surface area contributed by atoms with Crippen LogP contribution in [0.3, 0.4) is 0 Å². The maximum atomic E-state index is 12.5. The first-order valence-corrected chi connectivity index (χ1v) is 10.3. The van der Waals surface area contributed by atoms with Gasteiger partial charge in [-0.1, -0.05) is 72.5 Å².